The number of rotatable bonds is 0. The molecular formula is C31H16N2OS. The quantitative estimate of drug-likeness (QED) is 0.210. The third kappa shape index (κ3) is 2.18. The van der Waals surface area contributed by atoms with Crippen LogP contribution in [0.5, 0.6) is 0 Å². The van der Waals surface area contributed by atoms with Crippen LogP contribution in [0, 0.1) is 0 Å². The van der Waals surface area contributed by atoms with Crippen molar-refractivity contribution in [2.75, 3.05) is 0 Å². The molecule has 162 valence electrons. The molecule has 0 bridgehead atoms. The van der Waals surface area contributed by atoms with Gasteiger partial charge in [-0.2, -0.15) is 0 Å². The Balaban J connectivity index is 1.67. The summed E-state index contributed by atoms with van der Waals surface area (Å²) < 4.78 is 11.2. The summed E-state index contributed by atoms with van der Waals surface area (Å²) in [4.78, 5) is 5.11. The van der Waals surface area contributed by atoms with E-state index >= 15 is 0 Å². The highest BCUT2D eigenvalue weighted by Gasteiger charge is 2.19. The lowest BCUT2D eigenvalue weighted by molar-refractivity contribution is 0.669. The minimum absolute atomic E-state index is 0.898. The van der Waals surface area contributed by atoms with Crippen molar-refractivity contribution in [2.45, 2.75) is 0 Å². The number of benzene rings is 5. The topological polar surface area (TPSA) is 30.4 Å². The summed E-state index contributed by atoms with van der Waals surface area (Å²) in [6.45, 7) is 0. The fourth-order valence-electron chi connectivity index (χ4n) is 5.88. The molecule has 0 saturated carbocycles. The molecule has 0 fully saturated rings. The molecule has 0 aliphatic rings. The molecule has 35 heavy (non-hydrogen) atoms. The molecule has 0 N–H and O–H groups in total. The molecule has 9 aromatic rings. The highest BCUT2D eigenvalue weighted by molar-refractivity contribution is 7.26. The van der Waals surface area contributed by atoms with Crippen LogP contribution in [0.1, 0.15) is 0 Å². The third-order valence-electron chi connectivity index (χ3n) is 7.35. The van der Waals surface area contributed by atoms with Crippen LogP contribution in [0.15, 0.2) is 101 Å². The number of aromatic nitrogens is 2. The summed E-state index contributed by atoms with van der Waals surface area (Å²) >= 11 is 1.86. The summed E-state index contributed by atoms with van der Waals surface area (Å²) in [6, 6.07) is 34.5. The molecule has 4 heteroatoms. The van der Waals surface area contributed by atoms with Gasteiger partial charge in [0.15, 0.2) is 0 Å². The molecule has 0 spiro atoms. The minimum atomic E-state index is 0.898. The second kappa shape index (κ2) is 6.17. The van der Waals surface area contributed by atoms with E-state index in [1.54, 1.807) is 0 Å². The number of pyridine rings is 1. The second-order valence-corrected chi connectivity index (χ2v) is 10.3. The van der Waals surface area contributed by atoms with Crippen LogP contribution < -0.4 is 0 Å². The Morgan fingerprint density at radius 1 is 0.571 bits per heavy atom. The first-order valence-corrected chi connectivity index (χ1v) is 12.5. The number of thiophene rings is 1. The van der Waals surface area contributed by atoms with Crippen LogP contribution in [0.2, 0.25) is 0 Å². The molecular weight excluding hydrogens is 448 g/mol. The Morgan fingerprint density at radius 2 is 1.40 bits per heavy atom. The van der Waals surface area contributed by atoms with Gasteiger partial charge in [0.2, 0.25) is 0 Å². The van der Waals surface area contributed by atoms with Gasteiger partial charge in [0.05, 0.1) is 16.6 Å². The van der Waals surface area contributed by atoms with Gasteiger partial charge in [-0.15, -0.1) is 11.3 Å². The first-order chi connectivity index (χ1) is 17.3. The second-order valence-electron chi connectivity index (χ2n) is 9.18. The van der Waals surface area contributed by atoms with E-state index in [1.165, 1.54) is 36.5 Å². The number of hydrogen-bond donors (Lipinski definition) is 0. The third-order valence-corrected chi connectivity index (χ3v) is 8.49. The molecule has 0 aliphatic heterocycles. The van der Waals surface area contributed by atoms with Crippen molar-refractivity contribution < 1.29 is 4.42 Å². The van der Waals surface area contributed by atoms with Gasteiger partial charge in [0, 0.05) is 41.7 Å². The van der Waals surface area contributed by atoms with Gasteiger partial charge in [0.1, 0.15) is 16.8 Å². The summed E-state index contributed by atoms with van der Waals surface area (Å²) in [6.07, 6.45) is 0. The lowest BCUT2D eigenvalue weighted by Crippen LogP contribution is -1.92. The van der Waals surface area contributed by atoms with Crippen LogP contribution in [0.4, 0.5) is 0 Å². The number of fused-ring (bicyclic) bond motifs is 15. The molecule has 0 amide bonds. The van der Waals surface area contributed by atoms with E-state index in [1.807, 2.05) is 23.5 Å². The predicted molar refractivity (Wildman–Crippen MR) is 148 cm³/mol. The number of imidazole rings is 1. The van der Waals surface area contributed by atoms with Gasteiger partial charge in [-0.3, -0.25) is 4.40 Å². The molecule has 0 atom stereocenters. The molecule has 0 radical (unpaired) electrons. The minimum Gasteiger partial charge on any atom is -0.456 e. The van der Waals surface area contributed by atoms with Crippen molar-refractivity contribution in [3.8, 4) is 0 Å². The molecule has 9 rings (SSSR count). The van der Waals surface area contributed by atoms with Gasteiger partial charge in [-0.05, 0) is 53.9 Å². The highest BCUT2D eigenvalue weighted by atomic mass is 32.1. The average molecular weight is 465 g/mol. The van der Waals surface area contributed by atoms with Gasteiger partial charge in [-0.25, -0.2) is 4.98 Å². The van der Waals surface area contributed by atoms with Crippen LogP contribution in [0.25, 0.3) is 80.5 Å². The summed E-state index contributed by atoms with van der Waals surface area (Å²) in [5, 5.41) is 8.52. The Bertz CT molecular complexity index is 2330. The SMILES string of the molecule is c1ccc2c(c1)nc1c3cc4oc5ccccc5c4cc3c3c4c(ccc3n21)sc1ccccc14. The number of hydrogen-bond acceptors (Lipinski definition) is 3. The maximum atomic E-state index is 6.30. The molecule has 0 saturated heterocycles. The maximum Gasteiger partial charge on any atom is 0.146 e. The maximum absolute atomic E-state index is 6.30. The smallest absolute Gasteiger partial charge is 0.146 e. The van der Waals surface area contributed by atoms with Gasteiger partial charge >= 0.3 is 0 Å². The number of para-hydroxylation sites is 3. The van der Waals surface area contributed by atoms with Crippen LogP contribution in [0.3, 0.4) is 0 Å². The van der Waals surface area contributed by atoms with Crippen LogP contribution >= 0.6 is 11.3 Å². The Kier molecular flexibility index (Phi) is 3.17. The van der Waals surface area contributed by atoms with Crippen molar-refractivity contribution in [3.63, 3.8) is 0 Å². The van der Waals surface area contributed by atoms with Gasteiger partial charge < -0.3 is 4.42 Å². The van der Waals surface area contributed by atoms with Crippen molar-refractivity contribution in [3.05, 3.63) is 97.1 Å². The fraction of sp³-hybridized carbons (Fsp3) is 0. The molecule has 0 aliphatic carbocycles. The lowest BCUT2D eigenvalue weighted by atomic mass is 9.99. The zero-order valence-corrected chi connectivity index (χ0v) is 19.3. The van der Waals surface area contributed by atoms with E-state index in [2.05, 4.69) is 89.3 Å². The summed E-state index contributed by atoms with van der Waals surface area (Å²) in [7, 11) is 0. The monoisotopic (exact) mass is 464 g/mol. The van der Waals surface area contributed by atoms with E-state index < -0.39 is 0 Å². The van der Waals surface area contributed by atoms with Crippen molar-refractivity contribution in [2.24, 2.45) is 0 Å². The summed E-state index contributed by atoms with van der Waals surface area (Å²) in [5.74, 6) is 0. The first-order valence-electron chi connectivity index (χ1n) is 11.7. The van der Waals surface area contributed by atoms with E-state index in [9.17, 15) is 0 Å². The molecule has 4 heterocycles. The van der Waals surface area contributed by atoms with E-state index in [0.717, 1.165) is 44.0 Å². The molecule has 4 aromatic heterocycles. The largest absolute Gasteiger partial charge is 0.456 e. The van der Waals surface area contributed by atoms with Crippen molar-refractivity contribution >= 4 is 91.8 Å². The fourth-order valence-corrected chi connectivity index (χ4v) is 6.99. The zero-order chi connectivity index (χ0) is 22.7. The van der Waals surface area contributed by atoms with E-state index in [4.69, 9.17) is 9.40 Å². The predicted octanol–water partition coefficient (Wildman–Crippen LogP) is 9.06. The molecule has 0 unspecified atom stereocenters. The Labute approximate surface area is 202 Å². The summed E-state index contributed by atoms with van der Waals surface area (Å²) in [5.41, 5.74) is 6.09. The normalized spacial score (nSPS) is 12.6. The zero-order valence-electron chi connectivity index (χ0n) is 18.4. The van der Waals surface area contributed by atoms with Crippen molar-refractivity contribution in [1.29, 1.82) is 0 Å². The average Bonchev–Trinajstić information content (AvgIpc) is 3.58. The number of nitrogens with zero attached hydrogens (tertiary/aromatic N) is 2. The van der Waals surface area contributed by atoms with Crippen LogP contribution in [-0.2, 0) is 0 Å². The number of furan rings is 1. The molecule has 5 aromatic carbocycles. The standard InChI is InChI=1S/C31H16N2OS/c1-5-11-25-17(7-1)19-15-20-21(16-26(19)34-25)31-32-22-9-3-4-10-23(22)33(31)24-13-14-28-30(29(20)24)18-8-2-6-12-27(18)35-28/h1-16H. The van der Waals surface area contributed by atoms with Crippen molar-refractivity contribution in [1.82, 2.24) is 9.38 Å². The van der Waals surface area contributed by atoms with Crippen LogP contribution in [-0.4, -0.2) is 9.38 Å². The van der Waals surface area contributed by atoms with Gasteiger partial charge in [0.25, 0.3) is 0 Å². The van der Waals surface area contributed by atoms with Gasteiger partial charge in [-0.1, -0.05) is 48.5 Å². The molecule has 3 nitrogen and oxygen atoms in total. The first kappa shape index (κ1) is 18.0. The van der Waals surface area contributed by atoms with E-state index in [0.29, 0.717) is 0 Å². The lowest BCUT2D eigenvalue weighted by Gasteiger charge is -2.11. The highest BCUT2D eigenvalue weighted by Crippen LogP contribution is 2.44. The Hall–Kier alpha value is -4.41. The Morgan fingerprint density at radius 3 is 2.37 bits per heavy atom. The van der Waals surface area contributed by atoms with E-state index in [-0.39, 0.29) is 0 Å².